The SMILES string of the molecule is CC(=O)/C(Br)=C/Br.CC(=O)/C(Br)=C/Br.CCCCC(C)C(=O)C(C)=C(C)C. The van der Waals surface area contributed by atoms with E-state index in [0.29, 0.717) is 14.7 Å². The number of Topliss-reactive ketones (excluding diaryl/α,β-unsaturated/α-hetero) is 3. The van der Waals surface area contributed by atoms with Gasteiger partial charge in [-0.25, -0.2) is 0 Å². The van der Waals surface area contributed by atoms with Crippen LogP contribution in [0.3, 0.4) is 0 Å². The maximum Gasteiger partial charge on any atom is 0.167 e. The van der Waals surface area contributed by atoms with Crippen molar-refractivity contribution < 1.29 is 14.4 Å². The quantitative estimate of drug-likeness (QED) is 0.265. The Labute approximate surface area is 198 Å². The molecule has 0 aromatic rings. The number of halogens is 4. The molecule has 1 atom stereocenters. The van der Waals surface area contributed by atoms with Gasteiger partial charge in [0.2, 0.25) is 0 Å². The van der Waals surface area contributed by atoms with E-state index in [-0.39, 0.29) is 17.5 Å². The Kier molecular flexibility index (Phi) is 23.0. The number of carbonyl (C=O) groups excluding carboxylic acids is 3. The molecular formula is C20H30Br4O3. The van der Waals surface area contributed by atoms with Gasteiger partial charge in [-0.2, -0.15) is 0 Å². The Balaban J connectivity index is -0.000000350. The average Bonchev–Trinajstić information content (AvgIpc) is 2.63. The van der Waals surface area contributed by atoms with Gasteiger partial charge >= 0.3 is 0 Å². The summed E-state index contributed by atoms with van der Waals surface area (Å²) in [5.41, 5.74) is 2.09. The first-order valence-electron chi connectivity index (χ1n) is 8.49. The molecule has 0 rings (SSSR count). The van der Waals surface area contributed by atoms with Gasteiger partial charge in [0.25, 0.3) is 0 Å². The van der Waals surface area contributed by atoms with Crippen LogP contribution in [0.4, 0.5) is 0 Å². The van der Waals surface area contributed by atoms with Crippen molar-refractivity contribution in [3.05, 3.63) is 30.1 Å². The molecule has 0 fully saturated rings. The minimum absolute atomic E-state index is 0.0249. The predicted octanol–water partition coefficient (Wildman–Crippen LogP) is 8.15. The molecule has 0 aromatic carbocycles. The van der Waals surface area contributed by atoms with Crippen LogP contribution < -0.4 is 0 Å². The van der Waals surface area contributed by atoms with E-state index in [9.17, 15) is 14.4 Å². The lowest BCUT2D eigenvalue weighted by molar-refractivity contribution is -0.119. The molecule has 0 N–H and O–H groups in total. The number of unbranched alkanes of at least 4 members (excludes halogenated alkanes) is 1. The normalized spacial score (nSPS) is 12.0. The molecule has 7 heteroatoms. The van der Waals surface area contributed by atoms with E-state index in [1.54, 1.807) is 0 Å². The first-order chi connectivity index (χ1) is 12.4. The topological polar surface area (TPSA) is 51.2 Å². The summed E-state index contributed by atoms with van der Waals surface area (Å²) >= 11 is 12.0. The van der Waals surface area contributed by atoms with Gasteiger partial charge in [0, 0.05) is 5.92 Å². The van der Waals surface area contributed by atoms with E-state index in [2.05, 4.69) is 70.6 Å². The third kappa shape index (κ3) is 19.2. The zero-order valence-electron chi connectivity index (χ0n) is 17.1. The van der Waals surface area contributed by atoms with Gasteiger partial charge in [0.15, 0.2) is 17.3 Å². The molecule has 1 unspecified atom stereocenters. The second-order valence-electron chi connectivity index (χ2n) is 6.06. The molecule has 0 saturated carbocycles. The Bertz CT molecular complexity index is 544. The maximum absolute atomic E-state index is 11.7. The van der Waals surface area contributed by atoms with E-state index < -0.39 is 0 Å². The molecule has 0 aromatic heterocycles. The van der Waals surface area contributed by atoms with Crippen LogP contribution in [0.2, 0.25) is 0 Å². The molecule has 3 nitrogen and oxygen atoms in total. The lowest BCUT2D eigenvalue weighted by Gasteiger charge is -2.10. The van der Waals surface area contributed by atoms with E-state index in [4.69, 9.17) is 0 Å². The fourth-order valence-corrected chi connectivity index (χ4v) is 2.06. The van der Waals surface area contributed by atoms with Crippen LogP contribution in [0.15, 0.2) is 30.1 Å². The molecule has 0 spiro atoms. The second-order valence-corrected chi connectivity index (χ2v) is 8.68. The first kappa shape index (κ1) is 31.8. The number of ketones is 3. The molecular weight excluding hydrogens is 608 g/mol. The van der Waals surface area contributed by atoms with Crippen LogP contribution in [0.1, 0.15) is 67.7 Å². The minimum Gasteiger partial charge on any atom is -0.294 e. The summed E-state index contributed by atoms with van der Waals surface area (Å²) in [4.78, 5) is 35.3. The first-order valence-corrected chi connectivity index (χ1v) is 11.9. The van der Waals surface area contributed by atoms with Gasteiger partial charge in [-0.1, -0.05) is 64.1 Å². The summed E-state index contributed by atoms with van der Waals surface area (Å²) in [6, 6.07) is 0. The number of allylic oxidation sites excluding steroid dienone is 4. The molecule has 0 aliphatic carbocycles. The molecule has 0 saturated heterocycles. The Morgan fingerprint density at radius 3 is 1.41 bits per heavy atom. The number of carbonyl (C=O) groups is 3. The molecule has 27 heavy (non-hydrogen) atoms. The number of hydrogen-bond acceptors (Lipinski definition) is 3. The van der Waals surface area contributed by atoms with Crippen molar-refractivity contribution in [1.82, 2.24) is 0 Å². The molecule has 0 aliphatic heterocycles. The smallest absolute Gasteiger partial charge is 0.167 e. The molecule has 0 aliphatic rings. The highest BCUT2D eigenvalue weighted by Crippen LogP contribution is 2.15. The van der Waals surface area contributed by atoms with Crippen molar-refractivity contribution in [2.75, 3.05) is 0 Å². The fraction of sp³-hybridized carbons (Fsp3) is 0.550. The Hall–Kier alpha value is 0.150. The number of hydrogen-bond donors (Lipinski definition) is 0. The Morgan fingerprint density at radius 2 is 1.22 bits per heavy atom. The van der Waals surface area contributed by atoms with Gasteiger partial charge in [-0.05, 0) is 88.4 Å². The highest BCUT2D eigenvalue weighted by Gasteiger charge is 2.14. The summed E-state index contributed by atoms with van der Waals surface area (Å²) < 4.78 is 1.13. The molecule has 0 bridgehead atoms. The lowest BCUT2D eigenvalue weighted by Crippen LogP contribution is -2.12. The summed E-state index contributed by atoms with van der Waals surface area (Å²) in [6.07, 6.45) is 3.36. The summed E-state index contributed by atoms with van der Waals surface area (Å²) in [5, 5.41) is 0. The van der Waals surface area contributed by atoms with Crippen molar-refractivity contribution in [2.24, 2.45) is 5.92 Å². The van der Waals surface area contributed by atoms with Gasteiger partial charge in [-0.3, -0.25) is 14.4 Å². The zero-order valence-corrected chi connectivity index (χ0v) is 23.4. The van der Waals surface area contributed by atoms with Crippen molar-refractivity contribution in [3.8, 4) is 0 Å². The van der Waals surface area contributed by atoms with Crippen molar-refractivity contribution in [2.45, 2.75) is 67.7 Å². The monoisotopic (exact) mass is 634 g/mol. The van der Waals surface area contributed by atoms with Crippen LogP contribution in [-0.2, 0) is 14.4 Å². The highest BCUT2D eigenvalue weighted by atomic mass is 79.9. The maximum atomic E-state index is 11.7. The van der Waals surface area contributed by atoms with Crippen molar-refractivity contribution >= 4 is 81.1 Å². The largest absolute Gasteiger partial charge is 0.294 e. The van der Waals surface area contributed by atoms with Crippen LogP contribution in [0.25, 0.3) is 0 Å². The van der Waals surface area contributed by atoms with Gasteiger partial charge in [-0.15, -0.1) is 0 Å². The van der Waals surface area contributed by atoms with E-state index in [1.165, 1.54) is 30.2 Å². The van der Waals surface area contributed by atoms with Crippen molar-refractivity contribution in [1.29, 1.82) is 0 Å². The highest BCUT2D eigenvalue weighted by molar-refractivity contribution is 9.14. The summed E-state index contributed by atoms with van der Waals surface area (Å²) in [6.45, 7) is 13.1. The minimum atomic E-state index is 0.0249. The third-order valence-electron chi connectivity index (χ3n) is 3.42. The van der Waals surface area contributed by atoms with Crippen molar-refractivity contribution in [3.63, 3.8) is 0 Å². The Morgan fingerprint density at radius 1 is 0.852 bits per heavy atom. The zero-order chi connectivity index (χ0) is 22.2. The predicted molar refractivity (Wildman–Crippen MR) is 131 cm³/mol. The summed E-state index contributed by atoms with van der Waals surface area (Å²) in [5.74, 6) is 0.581. The average molecular weight is 638 g/mol. The second kappa shape index (κ2) is 19.5. The van der Waals surface area contributed by atoms with Crippen LogP contribution in [0, 0.1) is 5.92 Å². The van der Waals surface area contributed by atoms with E-state index in [1.807, 2.05) is 27.7 Å². The molecule has 0 heterocycles. The van der Waals surface area contributed by atoms with Gasteiger partial charge in [0.1, 0.15) is 0 Å². The van der Waals surface area contributed by atoms with Crippen LogP contribution in [0.5, 0.6) is 0 Å². The lowest BCUT2D eigenvalue weighted by atomic mass is 9.93. The number of rotatable bonds is 7. The van der Waals surface area contributed by atoms with Crippen LogP contribution >= 0.6 is 63.7 Å². The third-order valence-corrected chi connectivity index (χ3v) is 7.14. The van der Waals surface area contributed by atoms with Gasteiger partial charge in [0.05, 0.1) is 8.96 Å². The van der Waals surface area contributed by atoms with E-state index in [0.717, 1.165) is 24.0 Å². The molecule has 0 amide bonds. The standard InChI is InChI=1S/C12H22O.2C4H4Br2O/c1-6-7-8-10(4)12(13)11(5)9(2)3;2*1-3(7)4(6)2-5/h10H,6-8H2,1-5H3;2*2H,1H3/b;2*4-2-. The van der Waals surface area contributed by atoms with Gasteiger partial charge < -0.3 is 0 Å². The van der Waals surface area contributed by atoms with Crippen LogP contribution in [-0.4, -0.2) is 17.3 Å². The molecule has 156 valence electrons. The molecule has 0 radical (unpaired) electrons. The fourth-order valence-electron chi connectivity index (χ4n) is 1.41. The summed E-state index contributed by atoms with van der Waals surface area (Å²) in [7, 11) is 0. The van der Waals surface area contributed by atoms with E-state index >= 15 is 0 Å².